The molecule has 0 spiro atoms. The Hall–Kier alpha value is -4.76. The van der Waals surface area contributed by atoms with Gasteiger partial charge in [0.1, 0.15) is 0 Å². The Labute approximate surface area is 236 Å². The van der Waals surface area contributed by atoms with E-state index in [1.54, 1.807) is 0 Å². The normalized spacial score (nSPS) is 16.7. The fraction of sp³-hybridized carbons (Fsp3) is 0.0811. The molecule has 2 heterocycles. The van der Waals surface area contributed by atoms with Gasteiger partial charge in [0.25, 0.3) is 6.71 Å². The second kappa shape index (κ2) is 9.17. The van der Waals surface area contributed by atoms with Gasteiger partial charge in [-0.25, -0.2) is 0 Å². The molecule has 0 radical (unpaired) electrons. The van der Waals surface area contributed by atoms with Crippen LogP contribution in [0.3, 0.4) is 0 Å². The van der Waals surface area contributed by atoms with E-state index in [2.05, 4.69) is 156 Å². The van der Waals surface area contributed by atoms with Crippen LogP contribution in [0.4, 0.5) is 28.4 Å². The van der Waals surface area contributed by atoms with Crippen LogP contribution in [0.25, 0.3) is 11.1 Å². The van der Waals surface area contributed by atoms with Crippen molar-refractivity contribution in [2.24, 2.45) is 5.92 Å². The predicted molar refractivity (Wildman–Crippen MR) is 171 cm³/mol. The van der Waals surface area contributed by atoms with Gasteiger partial charge in [-0.3, -0.25) is 0 Å². The summed E-state index contributed by atoms with van der Waals surface area (Å²) in [5.74, 6) is 0.557. The van der Waals surface area contributed by atoms with Gasteiger partial charge in [0.05, 0.1) is 0 Å². The van der Waals surface area contributed by atoms with E-state index in [9.17, 15) is 0 Å². The monoisotopic (exact) mass is 512 g/mol. The number of nitrogens with zero attached hydrogens (tertiary/aromatic N) is 2. The predicted octanol–water partition coefficient (Wildman–Crippen LogP) is 7.58. The molecule has 5 aromatic rings. The highest BCUT2D eigenvalue weighted by atomic mass is 15.2. The topological polar surface area (TPSA) is 6.48 Å². The number of anilines is 5. The van der Waals surface area contributed by atoms with Crippen LogP contribution in [-0.4, -0.2) is 6.71 Å². The summed E-state index contributed by atoms with van der Waals surface area (Å²) in [6.45, 7) is 2.45. The van der Waals surface area contributed by atoms with Gasteiger partial charge in [-0.2, -0.15) is 0 Å². The van der Waals surface area contributed by atoms with Gasteiger partial charge in [0.15, 0.2) is 0 Å². The number of allylic oxidation sites excluding steroid dienone is 3. The standard InChI is InChI=1S/C37H29BN2/c1-26-20-22-30(23-21-26)40-34-19-11-9-17-32(34)38-31-16-8-10-18-33(31)39(29-14-6-3-7-15-29)35-24-28(25-36(40)37(35)38)27-12-4-2-5-13-27/h2-20,22-26H,21H2,1H3. The first kappa shape index (κ1) is 23.2. The number of fused-ring (bicyclic) bond motifs is 4. The van der Waals surface area contributed by atoms with E-state index in [-0.39, 0.29) is 6.71 Å². The van der Waals surface area contributed by atoms with Crippen LogP contribution in [0, 0.1) is 5.92 Å². The Balaban J connectivity index is 1.49. The lowest BCUT2D eigenvalue weighted by atomic mass is 9.33. The highest BCUT2D eigenvalue weighted by molar-refractivity contribution is 7.00. The molecule has 190 valence electrons. The number of hydrogen-bond donors (Lipinski definition) is 0. The SMILES string of the molecule is CC1C=CC(N2c3ccccc3B3c4ccccc4N(c4ccccc4)c4cc(-c5ccccc5)cc2c43)=CC1. The molecule has 0 amide bonds. The van der Waals surface area contributed by atoms with E-state index in [4.69, 9.17) is 0 Å². The van der Waals surface area contributed by atoms with E-state index in [0.29, 0.717) is 5.92 Å². The molecule has 5 aromatic carbocycles. The third-order valence-corrected chi connectivity index (χ3v) is 8.56. The maximum absolute atomic E-state index is 2.51. The Kier molecular flexibility index (Phi) is 5.31. The molecule has 2 aliphatic heterocycles. The lowest BCUT2D eigenvalue weighted by Crippen LogP contribution is -2.61. The van der Waals surface area contributed by atoms with E-state index in [0.717, 1.165) is 6.42 Å². The molecule has 1 atom stereocenters. The minimum atomic E-state index is 0.158. The minimum Gasteiger partial charge on any atom is -0.312 e. The summed E-state index contributed by atoms with van der Waals surface area (Å²) in [7, 11) is 0. The third-order valence-electron chi connectivity index (χ3n) is 8.56. The van der Waals surface area contributed by atoms with Crippen LogP contribution >= 0.6 is 0 Å². The van der Waals surface area contributed by atoms with E-state index < -0.39 is 0 Å². The van der Waals surface area contributed by atoms with Crippen LogP contribution in [0.1, 0.15) is 13.3 Å². The van der Waals surface area contributed by atoms with Crippen molar-refractivity contribution < 1.29 is 0 Å². The van der Waals surface area contributed by atoms with Gasteiger partial charge in [0.2, 0.25) is 0 Å². The Bertz CT molecular complexity index is 1810. The molecule has 0 saturated heterocycles. The summed E-state index contributed by atoms with van der Waals surface area (Å²) in [5, 5.41) is 0. The van der Waals surface area contributed by atoms with Crippen LogP contribution in [0.2, 0.25) is 0 Å². The first-order valence-corrected chi connectivity index (χ1v) is 14.2. The lowest BCUT2D eigenvalue weighted by Gasteiger charge is -2.45. The summed E-state index contributed by atoms with van der Waals surface area (Å²) < 4.78 is 0. The summed E-state index contributed by atoms with van der Waals surface area (Å²) in [4.78, 5) is 4.98. The smallest absolute Gasteiger partial charge is 0.252 e. The van der Waals surface area contributed by atoms with Gasteiger partial charge < -0.3 is 9.80 Å². The zero-order chi connectivity index (χ0) is 26.6. The van der Waals surface area contributed by atoms with Gasteiger partial charge >= 0.3 is 0 Å². The van der Waals surface area contributed by atoms with Crippen LogP contribution in [0.15, 0.2) is 145 Å². The Morgan fingerprint density at radius 3 is 1.82 bits per heavy atom. The average molecular weight is 512 g/mol. The quantitative estimate of drug-likeness (QED) is 0.226. The first-order valence-electron chi connectivity index (χ1n) is 14.2. The fourth-order valence-electron chi connectivity index (χ4n) is 6.71. The zero-order valence-corrected chi connectivity index (χ0v) is 22.5. The van der Waals surface area contributed by atoms with Crippen molar-refractivity contribution >= 4 is 51.5 Å². The summed E-state index contributed by atoms with van der Waals surface area (Å²) in [6.07, 6.45) is 8.13. The molecule has 0 N–H and O–H groups in total. The van der Waals surface area contributed by atoms with Gasteiger partial charge in [-0.1, -0.05) is 104 Å². The second-order valence-electron chi connectivity index (χ2n) is 11.1. The Morgan fingerprint density at radius 2 is 1.18 bits per heavy atom. The highest BCUT2D eigenvalue weighted by Gasteiger charge is 2.43. The molecule has 0 bridgehead atoms. The molecule has 40 heavy (non-hydrogen) atoms. The molecule has 1 aliphatic carbocycles. The van der Waals surface area contributed by atoms with Crippen molar-refractivity contribution in [2.45, 2.75) is 13.3 Å². The molecule has 1 unspecified atom stereocenters. The van der Waals surface area contributed by atoms with Gasteiger partial charge in [0, 0.05) is 34.1 Å². The molecular formula is C37H29BN2. The van der Waals surface area contributed by atoms with Crippen molar-refractivity contribution in [3.8, 4) is 11.1 Å². The van der Waals surface area contributed by atoms with E-state index >= 15 is 0 Å². The molecular weight excluding hydrogens is 483 g/mol. The van der Waals surface area contributed by atoms with Crippen LogP contribution in [0.5, 0.6) is 0 Å². The molecule has 0 saturated carbocycles. The van der Waals surface area contributed by atoms with Crippen molar-refractivity contribution in [1.82, 2.24) is 0 Å². The minimum absolute atomic E-state index is 0.158. The zero-order valence-electron chi connectivity index (χ0n) is 22.5. The van der Waals surface area contributed by atoms with Gasteiger partial charge in [-0.05, 0) is 82.3 Å². The highest BCUT2D eigenvalue weighted by Crippen LogP contribution is 2.45. The first-order chi connectivity index (χ1) is 19.8. The number of benzene rings is 5. The average Bonchev–Trinajstić information content (AvgIpc) is 3.02. The molecule has 3 aliphatic rings. The van der Waals surface area contributed by atoms with E-state index in [1.807, 2.05) is 0 Å². The van der Waals surface area contributed by atoms with Crippen molar-refractivity contribution in [3.63, 3.8) is 0 Å². The molecule has 0 fully saturated rings. The number of hydrogen-bond acceptors (Lipinski definition) is 2. The van der Waals surface area contributed by atoms with Gasteiger partial charge in [-0.15, -0.1) is 0 Å². The van der Waals surface area contributed by atoms with E-state index in [1.165, 1.54) is 61.6 Å². The van der Waals surface area contributed by atoms with Crippen molar-refractivity contribution in [1.29, 1.82) is 0 Å². The maximum atomic E-state index is 2.51. The molecule has 8 rings (SSSR count). The third kappa shape index (κ3) is 3.51. The summed E-state index contributed by atoms with van der Waals surface area (Å²) >= 11 is 0. The lowest BCUT2D eigenvalue weighted by molar-refractivity contribution is 0.728. The number of rotatable bonds is 3. The van der Waals surface area contributed by atoms with Crippen molar-refractivity contribution in [2.75, 3.05) is 9.80 Å². The summed E-state index contributed by atoms with van der Waals surface area (Å²) in [6, 6.07) is 44.4. The van der Waals surface area contributed by atoms with Crippen LogP contribution in [-0.2, 0) is 0 Å². The second-order valence-corrected chi connectivity index (χ2v) is 11.1. The Morgan fingerprint density at radius 1 is 0.600 bits per heavy atom. The number of para-hydroxylation sites is 3. The molecule has 2 nitrogen and oxygen atoms in total. The summed E-state index contributed by atoms with van der Waals surface area (Å²) in [5.41, 5.74) is 14.0. The fourth-order valence-corrected chi connectivity index (χ4v) is 6.71. The largest absolute Gasteiger partial charge is 0.312 e. The maximum Gasteiger partial charge on any atom is 0.252 e. The molecule has 0 aromatic heterocycles. The van der Waals surface area contributed by atoms with Crippen molar-refractivity contribution in [3.05, 3.63) is 145 Å². The molecule has 3 heteroatoms. The van der Waals surface area contributed by atoms with Crippen LogP contribution < -0.4 is 26.2 Å².